The first kappa shape index (κ1) is 12.8. The fourth-order valence-corrected chi connectivity index (χ4v) is 2.50. The molecule has 0 radical (unpaired) electrons. The Hall–Kier alpha value is -2.88. The van der Waals surface area contributed by atoms with E-state index in [1.54, 1.807) is 10.5 Å². The van der Waals surface area contributed by atoms with E-state index in [2.05, 4.69) is 4.98 Å². The van der Waals surface area contributed by atoms with Crippen molar-refractivity contribution in [3.63, 3.8) is 0 Å². The Labute approximate surface area is 126 Å². The lowest BCUT2D eigenvalue weighted by atomic mass is 10.2. The number of pyridine rings is 1. The van der Waals surface area contributed by atoms with Crippen LogP contribution in [0.15, 0.2) is 66.9 Å². The number of rotatable bonds is 3. The molecule has 0 bridgehead atoms. The molecule has 0 aliphatic carbocycles. The van der Waals surface area contributed by atoms with E-state index in [-0.39, 0.29) is 5.82 Å². The predicted molar refractivity (Wildman–Crippen MR) is 83.4 cm³/mol. The molecule has 0 amide bonds. The van der Waals surface area contributed by atoms with Gasteiger partial charge in [0.2, 0.25) is 0 Å². The van der Waals surface area contributed by atoms with Gasteiger partial charge in [-0.25, -0.2) is 9.37 Å². The molecule has 0 aliphatic rings. The number of halogens is 1. The molecule has 4 heteroatoms. The van der Waals surface area contributed by atoms with E-state index in [9.17, 15) is 4.39 Å². The lowest BCUT2D eigenvalue weighted by Crippen LogP contribution is -1.95. The molecule has 0 saturated carbocycles. The third kappa shape index (κ3) is 2.29. The monoisotopic (exact) mass is 292 g/mol. The van der Waals surface area contributed by atoms with Crippen LogP contribution < -0.4 is 4.74 Å². The number of fused-ring (bicyclic) bond motifs is 3. The summed E-state index contributed by atoms with van der Waals surface area (Å²) in [5.74, 6) is 0.449. The summed E-state index contributed by atoms with van der Waals surface area (Å²) in [7, 11) is 0. The average molecular weight is 292 g/mol. The van der Waals surface area contributed by atoms with Gasteiger partial charge in [-0.3, -0.25) is 4.40 Å². The van der Waals surface area contributed by atoms with Gasteiger partial charge in [-0.15, -0.1) is 0 Å². The molecule has 2 heterocycles. The fourth-order valence-electron chi connectivity index (χ4n) is 2.50. The molecule has 3 nitrogen and oxygen atoms in total. The van der Waals surface area contributed by atoms with Crippen LogP contribution in [0.25, 0.3) is 16.7 Å². The summed E-state index contributed by atoms with van der Waals surface area (Å²) in [6, 6.07) is 18.7. The zero-order valence-electron chi connectivity index (χ0n) is 11.7. The second kappa shape index (κ2) is 5.15. The van der Waals surface area contributed by atoms with Crippen LogP contribution in [0.1, 0.15) is 5.56 Å². The average Bonchev–Trinajstić information content (AvgIpc) is 2.91. The topological polar surface area (TPSA) is 26.5 Å². The standard InChI is InChI=1S/C18H13FN2O/c19-14-6-9-18-20-16-8-7-15(10-17(16)21(18)11-14)22-12-13-4-2-1-3-5-13/h1-11H,12H2. The number of hydrogen-bond donors (Lipinski definition) is 0. The third-order valence-corrected chi connectivity index (χ3v) is 3.58. The lowest BCUT2D eigenvalue weighted by Gasteiger charge is -2.06. The SMILES string of the molecule is Fc1ccc2nc3ccc(OCc4ccccc4)cc3n2c1. The van der Waals surface area contributed by atoms with Gasteiger partial charge >= 0.3 is 0 Å². The highest BCUT2D eigenvalue weighted by Gasteiger charge is 2.07. The van der Waals surface area contributed by atoms with Crippen molar-refractivity contribution in [2.24, 2.45) is 0 Å². The van der Waals surface area contributed by atoms with Crippen LogP contribution >= 0.6 is 0 Å². The number of benzene rings is 2. The molecule has 22 heavy (non-hydrogen) atoms. The van der Waals surface area contributed by atoms with Crippen LogP contribution in [0, 0.1) is 5.82 Å². The van der Waals surface area contributed by atoms with Crippen LogP contribution in [-0.4, -0.2) is 9.38 Å². The molecule has 4 aromatic rings. The Morgan fingerprint density at radius 3 is 2.73 bits per heavy atom. The summed E-state index contributed by atoms with van der Waals surface area (Å²) < 4.78 is 21.0. The van der Waals surface area contributed by atoms with Crippen molar-refractivity contribution >= 4 is 16.7 Å². The zero-order valence-corrected chi connectivity index (χ0v) is 11.7. The molecule has 108 valence electrons. The highest BCUT2D eigenvalue weighted by Crippen LogP contribution is 2.23. The maximum atomic E-state index is 13.4. The van der Waals surface area contributed by atoms with Crippen LogP contribution in [0.3, 0.4) is 0 Å². The molecule has 2 aromatic carbocycles. The molecule has 0 saturated heterocycles. The smallest absolute Gasteiger partial charge is 0.139 e. The molecular formula is C18H13FN2O. The second-order valence-corrected chi connectivity index (χ2v) is 5.11. The number of nitrogens with zero attached hydrogens (tertiary/aromatic N) is 2. The van der Waals surface area contributed by atoms with Crippen LogP contribution in [0.2, 0.25) is 0 Å². The molecule has 4 rings (SSSR count). The van der Waals surface area contributed by atoms with Gasteiger partial charge in [-0.1, -0.05) is 30.3 Å². The summed E-state index contributed by atoms with van der Waals surface area (Å²) in [6.45, 7) is 0.497. The minimum atomic E-state index is -0.289. The Bertz CT molecular complexity index is 947. The largest absolute Gasteiger partial charge is 0.489 e. The summed E-state index contributed by atoms with van der Waals surface area (Å²) in [4.78, 5) is 4.46. The second-order valence-electron chi connectivity index (χ2n) is 5.11. The van der Waals surface area contributed by atoms with E-state index >= 15 is 0 Å². The van der Waals surface area contributed by atoms with Gasteiger partial charge in [-0.2, -0.15) is 0 Å². The van der Waals surface area contributed by atoms with Gasteiger partial charge in [0.15, 0.2) is 0 Å². The molecule has 0 atom stereocenters. The third-order valence-electron chi connectivity index (χ3n) is 3.58. The van der Waals surface area contributed by atoms with Crippen LogP contribution in [0.5, 0.6) is 5.75 Å². The van der Waals surface area contributed by atoms with E-state index in [1.807, 2.05) is 48.5 Å². The fraction of sp³-hybridized carbons (Fsp3) is 0.0556. The molecule has 2 aromatic heterocycles. The first-order valence-electron chi connectivity index (χ1n) is 7.04. The van der Waals surface area contributed by atoms with Gasteiger partial charge in [0, 0.05) is 12.3 Å². The van der Waals surface area contributed by atoms with Crippen molar-refractivity contribution in [1.82, 2.24) is 9.38 Å². The molecule has 0 unspecified atom stereocenters. The minimum Gasteiger partial charge on any atom is -0.489 e. The molecule has 0 spiro atoms. The van der Waals surface area contributed by atoms with Gasteiger partial charge < -0.3 is 4.74 Å². The number of aromatic nitrogens is 2. The Balaban J connectivity index is 1.70. The quantitative estimate of drug-likeness (QED) is 0.565. The van der Waals surface area contributed by atoms with Gasteiger partial charge in [-0.05, 0) is 29.8 Å². The van der Waals surface area contributed by atoms with Crippen molar-refractivity contribution in [2.45, 2.75) is 6.61 Å². The van der Waals surface area contributed by atoms with Crippen LogP contribution in [-0.2, 0) is 6.61 Å². The maximum Gasteiger partial charge on any atom is 0.139 e. The Kier molecular flexibility index (Phi) is 3.00. The van der Waals surface area contributed by atoms with Gasteiger partial charge in [0.25, 0.3) is 0 Å². The summed E-state index contributed by atoms with van der Waals surface area (Å²) in [5, 5.41) is 0. The van der Waals surface area contributed by atoms with Crippen molar-refractivity contribution in [2.75, 3.05) is 0 Å². The van der Waals surface area contributed by atoms with E-state index < -0.39 is 0 Å². The summed E-state index contributed by atoms with van der Waals surface area (Å²) in [5.41, 5.74) is 3.47. The molecule has 0 N–H and O–H groups in total. The minimum absolute atomic E-state index is 0.289. The maximum absolute atomic E-state index is 13.4. The lowest BCUT2D eigenvalue weighted by molar-refractivity contribution is 0.306. The molecule has 0 fully saturated rings. The first-order valence-corrected chi connectivity index (χ1v) is 7.04. The van der Waals surface area contributed by atoms with Crippen molar-refractivity contribution in [1.29, 1.82) is 0 Å². The van der Waals surface area contributed by atoms with E-state index in [0.29, 0.717) is 6.61 Å². The zero-order chi connectivity index (χ0) is 14.9. The van der Waals surface area contributed by atoms with E-state index in [1.165, 1.54) is 12.3 Å². The highest BCUT2D eigenvalue weighted by molar-refractivity contribution is 5.81. The van der Waals surface area contributed by atoms with E-state index in [4.69, 9.17) is 4.74 Å². The molecule has 0 aliphatic heterocycles. The van der Waals surface area contributed by atoms with E-state index in [0.717, 1.165) is 28.0 Å². The normalized spacial score (nSPS) is 11.1. The Morgan fingerprint density at radius 1 is 1.00 bits per heavy atom. The predicted octanol–water partition coefficient (Wildman–Crippen LogP) is 4.21. The molecular weight excluding hydrogens is 279 g/mol. The van der Waals surface area contributed by atoms with Gasteiger partial charge in [0.05, 0.1) is 11.0 Å². The number of ether oxygens (including phenoxy) is 1. The summed E-state index contributed by atoms with van der Waals surface area (Å²) in [6.07, 6.45) is 1.44. The van der Waals surface area contributed by atoms with Crippen molar-refractivity contribution < 1.29 is 9.13 Å². The first-order chi connectivity index (χ1) is 10.8. The summed E-state index contributed by atoms with van der Waals surface area (Å²) >= 11 is 0. The van der Waals surface area contributed by atoms with Gasteiger partial charge in [0.1, 0.15) is 23.8 Å². The highest BCUT2D eigenvalue weighted by atomic mass is 19.1. The van der Waals surface area contributed by atoms with Crippen LogP contribution in [0.4, 0.5) is 4.39 Å². The number of imidazole rings is 1. The van der Waals surface area contributed by atoms with Crippen molar-refractivity contribution in [3.8, 4) is 5.75 Å². The number of hydrogen-bond acceptors (Lipinski definition) is 2. The Morgan fingerprint density at radius 2 is 1.86 bits per heavy atom. The van der Waals surface area contributed by atoms with Crippen molar-refractivity contribution in [3.05, 3.63) is 78.2 Å².